The standard InChI is InChI=1S/C28H18ClF4N3O3/c29-19-13-17(8-9-20(19)30)36-26(38)21-22(27(36)39)24(35-11-10-14-4-1-2-7-18(14)23(21)35)25(37)34-16-6-3-5-15(12-16)28(31,32)33/h1-13,21-24H,(H,34,37)/t21-,22-,23-,24+/m0/s1. The van der Waals surface area contributed by atoms with E-state index in [1.807, 2.05) is 12.1 Å². The molecular formula is C28H18ClF4N3O3. The van der Waals surface area contributed by atoms with Gasteiger partial charge < -0.3 is 10.2 Å². The molecule has 2 fully saturated rings. The van der Waals surface area contributed by atoms with Crippen LogP contribution in [0.3, 0.4) is 0 Å². The minimum absolute atomic E-state index is 0.0639. The summed E-state index contributed by atoms with van der Waals surface area (Å²) in [5.74, 6) is -4.87. The number of amides is 3. The molecule has 0 radical (unpaired) electrons. The number of carbonyl (C=O) groups excluding carboxylic acids is 3. The molecule has 3 aromatic rings. The Morgan fingerprint density at radius 3 is 2.41 bits per heavy atom. The maximum Gasteiger partial charge on any atom is 0.416 e. The summed E-state index contributed by atoms with van der Waals surface area (Å²) < 4.78 is 53.6. The minimum atomic E-state index is -4.62. The number of imide groups is 1. The van der Waals surface area contributed by atoms with Gasteiger partial charge in [-0.05, 0) is 53.6 Å². The van der Waals surface area contributed by atoms with E-state index in [0.29, 0.717) is 0 Å². The number of hydrogen-bond donors (Lipinski definition) is 1. The molecule has 198 valence electrons. The molecule has 3 aliphatic rings. The van der Waals surface area contributed by atoms with Crippen LogP contribution in [0.2, 0.25) is 5.02 Å². The van der Waals surface area contributed by atoms with Gasteiger partial charge in [0, 0.05) is 11.9 Å². The summed E-state index contributed by atoms with van der Waals surface area (Å²) in [5.41, 5.74) is 0.550. The summed E-state index contributed by atoms with van der Waals surface area (Å²) in [6.45, 7) is 0. The van der Waals surface area contributed by atoms with Crippen LogP contribution in [0.1, 0.15) is 22.7 Å². The number of nitrogens with zero attached hydrogens (tertiary/aromatic N) is 2. The van der Waals surface area contributed by atoms with Crippen molar-refractivity contribution in [2.75, 3.05) is 10.2 Å². The third-order valence-corrected chi connectivity index (χ3v) is 7.64. The number of fused-ring (bicyclic) bond motifs is 5. The smallest absolute Gasteiger partial charge is 0.357 e. The first kappa shape index (κ1) is 25.1. The van der Waals surface area contributed by atoms with Gasteiger partial charge in [-0.2, -0.15) is 13.2 Å². The molecule has 0 spiro atoms. The van der Waals surface area contributed by atoms with Crippen LogP contribution in [0.15, 0.2) is 72.9 Å². The molecule has 2 saturated heterocycles. The van der Waals surface area contributed by atoms with Crippen LogP contribution in [0.4, 0.5) is 28.9 Å². The molecule has 0 saturated carbocycles. The lowest BCUT2D eigenvalue weighted by atomic mass is 9.84. The van der Waals surface area contributed by atoms with Gasteiger partial charge >= 0.3 is 6.18 Å². The third kappa shape index (κ3) is 3.97. The molecule has 4 atom stereocenters. The molecule has 6 nitrogen and oxygen atoms in total. The zero-order valence-electron chi connectivity index (χ0n) is 19.8. The Balaban J connectivity index is 1.42. The number of alkyl halides is 3. The van der Waals surface area contributed by atoms with Gasteiger partial charge in [0.2, 0.25) is 17.7 Å². The number of benzene rings is 3. The number of rotatable bonds is 3. The average Bonchev–Trinajstić information content (AvgIpc) is 3.38. The number of anilines is 2. The van der Waals surface area contributed by atoms with Crippen molar-refractivity contribution in [3.05, 3.63) is 100 Å². The van der Waals surface area contributed by atoms with Crippen molar-refractivity contribution in [2.24, 2.45) is 11.8 Å². The summed E-state index contributed by atoms with van der Waals surface area (Å²) in [7, 11) is 0. The van der Waals surface area contributed by atoms with Crippen LogP contribution in [0.5, 0.6) is 0 Å². The minimum Gasteiger partial charge on any atom is -0.357 e. The maximum absolute atomic E-state index is 13.8. The van der Waals surface area contributed by atoms with Crippen molar-refractivity contribution < 1.29 is 31.9 Å². The molecule has 6 rings (SSSR count). The van der Waals surface area contributed by atoms with E-state index in [4.69, 9.17) is 11.6 Å². The van der Waals surface area contributed by atoms with Gasteiger partial charge in [0.15, 0.2) is 0 Å². The van der Waals surface area contributed by atoms with E-state index in [1.165, 1.54) is 18.2 Å². The first-order chi connectivity index (χ1) is 18.6. The molecule has 11 heteroatoms. The normalized spacial score (nSPS) is 23.5. The van der Waals surface area contributed by atoms with Crippen molar-refractivity contribution in [3.8, 4) is 0 Å². The second kappa shape index (κ2) is 8.94. The van der Waals surface area contributed by atoms with E-state index < -0.39 is 59.2 Å². The molecule has 3 amide bonds. The van der Waals surface area contributed by atoms with Gasteiger partial charge in [-0.15, -0.1) is 0 Å². The van der Waals surface area contributed by atoms with E-state index in [9.17, 15) is 31.9 Å². The van der Waals surface area contributed by atoms with Crippen molar-refractivity contribution in [2.45, 2.75) is 18.3 Å². The molecular weight excluding hydrogens is 538 g/mol. The first-order valence-electron chi connectivity index (χ1n) is 11.9. The van der Waals surface area contributed by atoms with Gasteiger partial charge in [-0.25, -0.2) is 9.29 Å². The Morgan fingerprint density at radius 2 is 1.67 bits per heavy atom. The molecule has 0 aliphatic carbocycles. The molecule has 3 heterocycles. The summed E-state index contributed by atoms with van der Waals surface area (Å²) >= 11 is 5.91. The van der Waals surface area contributed by atoms with Crippen LogP contribution in [-0.2, 0) is 20.6 Å². The van der Waals surface area contributed by atoms with E-state index in [-0.39, 0.29) is 16.4 Å². The lowest BCUT2D eigenvalue weighted by Crippen LogP contribution is -2.46. The quantitative estimate of drug-likeness (QED) is 0.335. The van der Waals surface area contributed by atoms with Gasteiger partial charge in [-0.1, -0.05) is 41.9 Å². The highest BCUT2D eigenvalue weighted by molar-refractivity contribution is 6.31. The second-order valence-electron chi connectivity index (χ2n) is 9.51. The fourth-order valence-corrected chi connectivity index (χ4v) is 5.90. The van der Waals surface area contributed by atoms with Crippen molar-refractivity contribution in [1.29, 1.82) is 0 Å². The van der Waals surface area contributed by atoms with Gasteiger partial charge in [0.05, 0.1) is 34.2 Å². The average molecular weight is 556 g/mol. The highest BCUT2D eigenvalue weighted by Gasteiger charge is 2.64. The highest BCUT2D eigenvalue weighted by atomic mass is 35.5. The molecule has 3 aromatic carbocycles. The number of halogens is 5. The molecule has 39 heavy (non-hydrogen) atoms. The summed E-state index contributed by atoms with van der Waals surface area (Å²) in [4.78, 5) is 43.8. The van der Waals surface area contributed by atoms with Gasteiger partial charge in [-0.3, -0.25) is 14.4 Å². The van der Waals surface area contributed by atoms with E-state index in [1.54, 1.807) is 29.3 Å². The Labute approximate surface area is 224 Å². The molecule has 0 unspecified atom stereocenters. The Kier molecular flexibility index (Phi) is 5.76. The van der Waals surface area contributed by atoms with Gasteiger partial charge in [0.25, 0.3) is 0 Å². The van der Waals surface area contributed by atoms with Crippen LogP contribution < -0.4 is 10.2 Å². The monoisotopic (exact) mass is 555 g/mol. The number of nitrogens with one attached hydrogen (secondary N) is 1. The molecule has 0 aromatic heterocycles. The molecule has 1 N–H and O–H groups in total. The summed E-state index contributed by atoms with van der Waals surface area (Å²) in [5, 5.41) is 2.22. The Hall–Kier alpha value is -4.18. The van der Waals surface area contributed by atoms with Crippen LogP contribution >= 0.6 is 11.6 Å². The van der Waals surface area contributed by atoms with E-state index >= 15 is 0 Å². The number of hydrogen-bond acceptors (Lipinski definition) is 4. The predicted octanol–water partition coefficient (Wildman–Crippen LogP) is 5.65. The summed E-state index contributed by atoms with van der Waals surface area (Å²) in [6.07, 6.45) is -1.24. The van der Waals surface area contributed by atoms with Crippen LogP contribution in [-0.4, -0.2) is 28.7 Å². The van der Waals surface area contributed by atoms with Crippen molar-refractivity contribution in [1.82, 2.24) is 4.90 Å². The van der Waals surface area contributed by atoms with Crippen LogP contribution in [0.25, 0.3) is 6.08 Å². The zero-order chi connectivity index (χ0) is 27.6. The third-order valence-electron chi connectivity index (χ3n) is 7.35. The second-order valence-corrected chi connectivity index (χ2v) is 9.92. The molecule has 3 aliphatic heterocycles. The largest absolute Gasteiger partial charge is 0.416 e. The van der Waals surface area contributed by atoms with Crippen LogP contribution in [0, 0.1) is 17.7 Å². The lowest BCUT2D eigenvalue weighted by Gasteiger charge is -2.35. The Morgan fingerprint density at radius 1 is 0.923 bits per heavy atom. The fraction of sp³-hybridized carbons (Fsp3) is 0.179. The highest BCUT2D eigenvalue weighted by Crippen LogP contribution is 2.53. The Bertz CT molecular complexity index is 1570. The van der Waals surface area contributed by atoms with Crippen molar-refractivity contribution >= 4 is 46.8 Å². The van der Waals surface area contributed by atoms with Gasteiger partial charge in [0.1, 0.15) is 11.9 Å². The zero-order valence-corrected chi connectivity index (χ0v) is 20.6. The SMILES string of the molecule is O=C(Nc1cccc(C(F)(F)F)c1)[C@H]1[C@H]2C(=O)N(c3ccc(F)c(Cl)c3)C(=O)[C@@H]2[C@@H]2c3ccccc3C=CN12. The lowest BCUT2D eigenvalue weighted by molar-refractivity contribution is -0.137. The maximum atomic E-state index is 13.8. The van der Waals surface area contributed by atoms with E-state index in [0.717, 1.165) is 40.3 Å². The molecule has 0 bridgehead atoms. The van der Waals surface area contributed by atoms with Crippen molar-refractivity contribution in [3.63, 3.8) is 0 Å². The number of carbonyl (C=O) groups is 3. The first-order valence-corrected chi connectivity index (χ1v) is 12.3. The predicted molar refractivity (Wildman–Crippen MR) is 135 cm³/mol. The summed E-state index contributed by atoms with van der Waals surface area (Å²) in [6, 6.07) is 13.0. The topological polar surface area (TPSA) is 69.7 Å². The van der Waals surface area contributed by atoms with E-state index in [2.05, 4.69) is 5.32 Å². The fourth-order valence-electron chi connectivity index (χ4n) is 5.73.